The van der Waals surface area contributed by atoms with Crippen molar-refractivity contribution < 1.29 is 4.74 Å². The summed E-state index contributed by atoms with van der Waals surface area (Å²) in [7, 11) is 1.63. The molecule has 1 aromatic heterocycles. The molecule has 0 saturated carbocycles. The van der Waals surface area contributed by atoms with Gasteiger partial charge in [0.15, 0.2) is 0 Å². The van der Waals surface area contributed by atoms with E-state index in [1.54, 1.807) is 13.3 Å². The van der Waals surface area contributed by atoms with E-state index in [2.05, 4.69) is 17.3 Å². The molecule has 0 bridgehead atoms. The molecule has 0 aromatic carbocycles. The first-order valence-corrected chi connectivity index (χ1v) is 5.78. The quantitative estimate of drug-likeness (QED) is 0.422. The first kappa shape index (κ1) is 12.9. The minimum atomic E-state index is 0.121. The number of aromatic nitrogens is 1. The van der Waals surface area contributed by atoms with Crippen molar-refractivity contribution >= 4 is 0 Å². The van der Waals surface area contributed by atoms with E-state index in [-0.39, 0.29) is 6.04 Å². The van der Waals surface area contributed by atoms with Crippen molar-refractivity contribution in [2.24, 2.45) is 5.84 Å². The first-order valence-electron chi connectivity index (χ1n) is 5.78. The number of nitrogens with one attached hydrogen (secondary N) is 1. The molecule has 90 valence electrons. The summed E-state index contributed by atoms with van der Waals surface area (Å²) >= 11 is 0. The van der Waals surface area contributed by atoms with Crippen molar-refractivity contribution in [3.63, 3.8) is 0 Å². The summed E-state index contributed by atoms with van der Waals surface area (Å²) in [5.41, 5.74) is 3.86. The molecule has 0 saturated heterocycles. The van der Waals surface area contributed by atoms with Gasteiger partial charge < -0.3 is 4.74 Å². The Labute approximate surface area is 97.2 Å². The van der Waals surface area contributed by atoms with Gasteiger partial charge in [-0.2, -0.15) is 0 Å². The zero-order valence-corrected chi connectivity index (χ0v) is 10.1. The molecular weight excluding hydrogens is 202 g/mol. The van der Waals surface area contributed by atoms with Gasteiger partial charge in [0, 0.05) is 11.8 Å². The molecule has 1 rings (SSSR count). The standard InChI is InChI=1S/C12H21N3O/c1-3-4-5-8-11(15-13)10-7-6-9-14-12(10)16-2/h6-7,9,11,15H,3-5,8,13H2,1-2H3. The topological polar surface area (TPSA) is 60.2 Å². The van der Waals surface area contributed by atoms with E-state index in [9.17, 15) is 0 Å². The van der Waals surface area contributed by atoms with Gasteiger partial charge >= 0.3 is 0 Å². The number of nitrogens with zero attached hydrogens (tertiary/aromatic N) is 1. The molecule has 0 aliphatic carbocycles. The lowest BCUT2D eigenvalue weighted by molar-refractivity contribution is 0.377. The predicted molar refractivity (Wildman–Crippen MR) is 65.0 cm³/mol. The van der Waals surface area contributed by atoms with E-state index in [4.69, 9.17) is 10.6 Å². The predicted octanol–water partition coefficient (Wildman–Crippen LogP) is 2.17. The number of unbranched alkanes of at least 4 members (excludes halogenated alkanes) is 2. The minimum Gasteiger partial charge on any atom is -0.481 e. The summed E-state index contributed by atoms with van der Waals surface area (Å²) in [6.07, 6.45) is 6.32. The zero-order valence-electron chi connectivity index (χ0n) is 10.1. The molecule has 1 heterocycles. The van der Waals surface area contributed by atoms with E-state index in [1.807, 2.05) is 12.1 Å². The molecule has 1 unspecified atom stereocenters. The number of pyridine rings is 1. The highest BCUT2D eigenvalue weighted by atomic mass is 16.5. The normalized spacial score (nSPS) is 12.4. The lowest BCUT2D eigenvalue weighted by atomic mass is 10.0. The Morgan fingerprint density at radius 1 is 1.50 bits per heavy atom. The van der Waals surface area contributed by atoms with Crippen molar-refractivity contribution in [1.82, 2.24) is 10.4 Å². The Morgan fingerprint density at radius 2 is 2.31 bits per heavy atom. The molecule has 0 amide bonds. The lowest BCUT2D eigenvalue weighted by Gasteiger charge is -2.17. The highest BCUT2D eigenvalue weighted by Gasteiger charge is 2.14. The minimum absolute atomic E-state index is 0.121. The van der Waals surface area contributed by atoms with Crippen LogP contribution in [0.1, 0.15) is 44.2 Å². The van der Waals surface area contributed by atoms with Crippen LogP contribution in [0.2, 0.25) is 0 Å². The number of ether oxygens (including phenoxy) is 1. The van der Waals surface area contributed by atoms with Crippen molar-refractivity contribution in [2.45, 2.75) is 38.6 Å². The Hall–Kier alpha value is -1.13. The van der Waals surface area contributed by atoms with Crippen molar-refractivity contribution in [1.29, 1.82) is 0 Å². The second-order valence-corrected chi connectivity index (χ2v) is 3.82. The maximum Gasteiger partial charge on any atom is 0.217 e. The number of methoxy groups -OCH3 is 1. The summed E-state index contributed by atoms with van der Waals surface area (Å²) < 4.78 is 5.23. The van der Waals surface area contributed by atoms with Crippen LogP contribution >= 0.6 is 0 Å². The van der Waals surface area contributed by atoms with Crippen LogP contribution in [0.4, 0.5) is 0 Å². The number of nitrogens with two attached hydrogens (primary N) is 1. The van der Waals surface area contributed by atoms with Gasteiger partial charge in [0.2, 0.25) is 5.88 Å². The zero-order chi connectivity index (χ0) is 11.8. The molecule has 1 aromatic rings. The average Bonchev–Trinajstić information content (AvgIpc) is 2.35. The molecule has 0 radical (unpaired) electrons. The van der Waals surface area contributed by atoms with E-state index < -0.39 is 0 Å². The van der Waals surface area contributed by atoms with Crippen LogP contribution in [0.3, 0.4) is 0 Å². The van der Waals surface area contributed by atoms with Crippen molar-refractivity contribution in [3.8, 4) is 5.88 Å². The summed E-state index contributed by atoms with van der Waals surface area (Å²) in [6, 6.07) is 4.03. The van der Waals surface area contributed by atoms with Gasteiger partial charge in [0.25, 0.3) is 0 Å². The number of hydrazine groups is 1. The Bertz CT molecular complexity index is 304. The second-order valence-electron chi connectivity index (χ2n) is 3.82. The Kier molecular flexibility index (Phi) is 5.82. The SMILES string of the molecule is CCCCCC(NN)c1cccnc1OC. The van der Waals surface area contributed by atoms with Crippen LogP contribution in [0.15, 0.2) is 18.3 Å². The van der Waals surface area contributed by atoms with Crippen LogP contribution < -0.4 is 16.0 Å². The fourth-order valence-electron chi connectivity index (χ4n) is 1.77. The maximum atomic E-state index is 5.58. The fraction of sp³-hybridized carbons (Fsp3) is 0.583. The number of hydrogen-bond donors (Lipinski definition) is 2. The molecular formula is C12H21N3O. The molecule has 0 fully saturated rings. The van der Waals surface area contributed by atoms with Crippen LogP contribution in [-0.2, 0) is 0 Å². The van der Waals surface area contributed by atoms with Crippen molar-refractivity contribution in [3.05, 3.63) is 23.9 Å². The average molecular weight is 223 g/mol. The summed E-state index contributed by atoms with van der Waals surface area (Å²) in [6.45, 7) is 2.19. The number of hydrogen-bond acceptors (Lipinski definition) is 4. The van der Waals surface area contributed by atoms with Crippen LogP contribution in [-0.4, -0.2) is 12.1 Å². The van der Waals surface area contributed by atoms with Crippen LogP contribution in [0.5, 0.6) is 5.88 Å². The monoisotopic (exact) mass is 223 g/mol. The lowest BCUT2D eigenvalue weighted by Crippen LogP contribution is -2.28. The van der Waals surface area contributed by atoms with Crippen LogP contribution in [0.25, 0.3) is 0 Å². The third-order valence-electron chi connectivity index (χ3n) is 2.67. The maximum absolute atomic E-state index is 5.58. The van der Waals surface area contributed by atoms with Crippen molar-refractivity contribution in [2.75, 3.05) is 7.11 Å². The largest absolute Gasteiger partial charge is 0.481 e. The third kappa shape index (κ3) is 3.47. The van der Waals surface area contributed by atoms with Gasteiger partial charge in [-0.3, -0.25) is 11.3 Å². The summed E-state index contributed by atoms with van der Waals surface area (Å²) in [5, 5.41) is 0. The first-order chi connectivity index (χ1) is 7.83. The molecule has 0 aliphatic heterocycles. The molecule has 4 nitrogen and oxygen atoms in total. The van der Waals surface area contributed by atoms with Gasteiger partial charge in [0.05, 0.1) is 13.2 Å². The molecule has 16 heavy (non-hydrogen) atoms. The summed E-state index contributed by atoms with van der Waals surface area (Å²) in [4.78, 5) is 4.18. The van der Waals surface area contributed by atoms with E-state index in [0.717, 1.165) is 18.4 Å². The van der Waals surface area contributed by atoms with Gasteiger partial charge in [-0.15, -0.1) is 0 Å². The molecule has 1 atom stereocenters. The second kappa shape index (κ2) is 7.19. The molecule has 0 spiro atoms. The van der Waals surface area contributed by atoms with E-state index >= 15 is 0 Å². The highest BCUT2D eigenvalue weighted by molar-refractivity contribution is 5.28. The number of rotatable bonds is 7. The van der Waals surface area contributed by atoms with Gasteiger partial charge in [0.1, 0.15) is 0 Å². The summed E-state index contributed by atoms with van der Waals surface area (Å²) in [5.74, 6) is 6.23. The Morgan fingerprint density at radius 3 is 2.94 bits per heavy atom. The van der Waals surface area contributed by atoms with Gasteiger partial charge in [-0.05, 0) is 12.5 Å². The Balaban J connectivity index is 2.69. The fourth-order valence-corrected chi connectivity index (χ4v) is 1.77. The van der Waals surface area contributed by atoms with E-state index in [1.165, 1.54) is 12.8 Å². The van der Waals surface area contributed by atoms with Crippen LogP contribution in [0, 0.1) is 0 Å². The molecule has 4 heteroatoms. The highest BCUT2D eigenvalue weighted by Crippen LogP contribution is 2.25. The smallest absolute Gasteiger partial charge is 0.217 e. The van der Waals surface area contributed by atoms with Gasteiger partial charge in [-0.1, -0.05) is 32.3 Å². The molecule has 3 N–H and O–H groups in total. The third-order valence-corrected chi connectivity index (χ3v) is 2.67. The van der Waals surface area contributed by atoms with Gasteiger partial charge in [-0.25, -0.2) is 4.98 Å². The molecule has 0 aliphatic rings. The van der Waals surface area contributed by atoms with E-state index in [0.29, 0.717) is 5.88 Å².